The number of carbonyl (C=O) groups is 2. The number of nitrogens with zero attached hydrogens (tertiary/aromatic N) is 3. The number of rotatable bonds is 6. The number of benzene rings is 1. The van der Waals surface area contributed by atoms with E-state index in [0.29, 0.717) is 10.6 Å². The van der Waals surface area contributed by atoms with Crippen molar-refractivity contribution in [3.05, 3.63) is 69.6 Å². The zero-order valence-electron chi connectivity index (χ0n) is 19.6. The number of carbonyl (C=O) groups excluding carboxylic acids is 2. The van der Waals surface area contributed by atoms with Crippen LogP contribution in [0.4, 0.5) is 13.6 Å². The summed E-state index contributed by atoms with van der Waals surface area (Å²) in [5.74, 6) is -2.24. The maximum absolute atomic E-state index is 15.1. The van der Waals surface area contributed by atoms with Crippen LogP contribution in [0.15, 0.2) is 40.4 Å². The third kappa shape index (κ3) is 5.84. The first-order valence-corrected chi connectivity index (χ1v) is 11.9. The van der Waals surface area contributed by atoms with Gasteiger partial charge in [0, 0.05) is 27.9 Å². The first kappa shape index (κ1) is 26.0. The lowest BCUT2D eigenvalue weighted by atomic mass is 10.00. The summed E-state index contributed by atoms with van der Waals surface area (Å²) in [6, 6.07) is 3.34. The van der Waals surface area contributed by atoms with Gasteiger partial charge in [0.25, 0.3) is 5.88 Å². The van der Waals surface area contributed by atoms with Crippen molar-refractivity contribution in [2.45, 2.75) is 19.9 Å². The molecule has 3 N–H and O–H groups in total. The van der Waals surface area contributed by atoms with Gasteiger partial charge in [-0.25, -0.2) is 24.0 Å². The van der Waals surface area contributed by atoms with Gasteiger partial charge in [-0.05, 0) is 42.8 Å². The van der Waals surface area contributed by atoms with Crippen molar-refractivity contribution in [2.75, 3.05) is 7.11 Å². The molecule has 3 aromatic heterocycles. The lowest BCUT2D eigenvalue weighted by Gasteiger charge is -2.16. The lowest BCUT2D eigenvalue weighted by Crippen LogP contribution is -2.47. The molecule has 3 amide bonds. The fraction of sp³-hybridized carbons (Fsp3) is 0.174. The SMILES string of the molecule is COc1cc(C(=O)NNC(=O)N[C@H](C)c2ncc(-c3cc(Cl)cc(F)c3-c3nc(C)cs3)cc2F)on1. The second-order valence-electron chi connectivity index (χ2n) is 7.70. The van der Waals surface area contributed by atoms with Crippen LogP contribution in [0.5, 0.6) is 5.88 Å². The topological polar surface area (TPSA) is 131 Å². The summed E-state index contributed by atoms with van der Waals surface area (Å²) in [7, 11) is 1.35. The van der Waals surface area contributed by atoms with Crippen molar-refractivity contribution in [1.82, 2.24) is 31.3 Å². The number of halogens is 3. The first-order valence-electron chi connectivity index (χ1n) is 10.6. The number of urea groups is 1. The van der Waals surface area contributed by atoms with Gasteiger partial charge in [-0.2, -0.15) is 0 Å². The predicted octanol–water partition coefficient (Wildman–Crippen LogP) is 4.81. The van der Waals surface area contributed by atoms with Crippen molar-refractivity contribution in [3.63, 3.8) is 0 Å². The minimum Gasteiger partial charge on any atom is -0.479 e. The summed E-state index contributed by atoms with van der Waals surface area (Å²) in [6.07, 6.45) is 1.35. The summed E-state index contributed by atoms with van der Waals surface area (Å²) < 4.78 is 39.5. The fourth-order valence-corrected chi connectivity index (χ4v) is 4.40. The molecular formula is C23H19ClF2N6O4S. The maximum Gasteiger partial charge on any atom is 0.334 e. The molecule has 1 aromatic carbocycles. The molecule has 1 atom stereocenters. The Morgan fingerprint density at radius 3 is 2.59 bits per heavy atom. The van der Waals surface area contributed by atoms with Gasteiger partial charge >= 0.3 is 11.9 Å². The number of hydrogen-bond acceptors (Lipinski definition) is 8. The molecule has 0 saturated heterocycles. The molecule has 37 heavy (non-hydrogen) atoms. The number of methoxy groups -OCH3 is 1. The minimum absolute atomic E-state index is 0.0839. The van der Waals surface area contributed by atoms with E-state index in [1.54, 1.807) is 12.3 Å². The van der Waals surface area contributed by atoms with Crippen LogP contribution >= 0.6 is 22.9 Å². The van der Waals surface area contributed by atoms with E-state index < -0.39 is 29.6 Å². The molecule has 0 unspecified atom stereocenters. The zero-order chi connectivity index (χ0) is 26.7. The van der Waals surface area contributed by atoms with Crippen LogP contribution in [-0.2, 0) is 0 Å². The van der Waals surface area contributed by atoms with Gasteiger partial charge in [-0.3, -0.25) is 15.2 Å². The largest absolute Gasteiger partial charge is 0.479 e. The first-order chi connectivity index (χ1) is 17.7. The normalized spacial score (nSPS) is 11.6. The average Bonchev–Trinajstić information content (AvgIpc) is 3.51. The molecule has 0 radical (unpaired) electrons. The molecule has 4 aromatic rings. The Hall–Kier alpha value is -4.10. The van der Waals surface area contributed by atoms with E-state index in [4.69, 9.17) is 20.9 Å². The Bertz CT molecular complexity index is 1480. The molecule has 0 aliphatic rings. The maximum atomic E-state index is 15.1. The Kier molecular flexibility index (Phi) is 7.64. The average molecular weight is 549 g/mol. The fourth-order valence-electron chi connectivity index (χ4n) is 3.34. The Morgan fingerprint density at radius 1 is 1.16 bits per heavy atom. The quantitative estimate of drug-likeness (QED) is 0.294. The molecular weight excluding hydrogens is 530 g/mol. The highest BCUT2D eigenvalue weighted by molar-refractivity contribution is 7.13. The lowest BCUT2D eigenvalue weighted by molar-refractivity contribution is 0.0898. The molecule has 0 aliphatic heterocycles. The highest BCUT2D eigenvalue weighted by atomic mass is 35.5. The van der Waals surface area contributed by atoms with E-state index in [-0.39, 0.29) is 33.5 Å². The number of pyridine rings is 1. The number of hydrogen-bond donors (Lipinski definition) is 3. The van der Waals surface area contributed by atoms with Crippen LogP contribution in [0.1, 0.15) is 34.9 Å². The number of ether oxygens (including phenoxy) is 1. The van der Waals surface area contributed by atoms with Crippen LogP contribution in [0.2, 0.25) is 5.02 Å². The van der Waals surface area contributed by atoms with Crippen molar-refractivity contribution >= 4 is 34.9 Å². The third-order valence-corrected chi connectivity index (χ3v) is 6.23. The van der Waals surface area contributed by atoms with Crippen LogP contribution in [-0.4, -0.2) is 34.2 Å². The van der Waals surface area contributed by atoms with Gasteiger partial charge in [0.15, 0.2) is 0 Å². The van der Waals surface area contributed by atoms with Gasteiger partial charge in [0.2, 0.25) is 5.76 Å². The van der Waals surface area contributed by atoms with Crippen LogP contribution < -0.4 is 20.9 Å². The van der Waals surface area contributed by atoms with E-state index in [1.807, 2.05) is 0 Å². The summed E-state index contributed by atoms with van der Waals surface area (Å²) in [5, 5.41) is 8.25. The van der Waals surface area contributed by atoms with Crippen molar-refractivity contribution in [3.8, 4) is 27.6 Å². The van der Waals surface area contributed by atoms with Crippen molar-refractivity contribution < 1.29 is 27.6 Å². The van der Waals surface area contributed by atoms with E-state index >= 15 is 4.39 Å². The van der Waals surface area contributed by atoms with Crippen molar-refractivity contribution in [1.29, 1.82) is 0 Å². The smallest absolute Gasteiger partial charge is 0.334 e. The Balaban J connectivity index is 1.48. The van der Waals surface area contributed by atoms with E-state index in [2.05, 4.69) is 31.3 Å². The number of aryl methyl sites for hydroxylation is 1. The standard InChI is InChI=1S/C23H19ClF2N6O4S/c1-10-9-37-22(28-10)19-14(5-13(24)6-15(19)25)12-4-16(26)20(27-8-12)11(2)29-23(34)31-30-21(33)17-7-18(35-3)32-36-17/h4-9,11H,1-3H3,(H,30,33)(H2,29,31,34)/t11-/m1/s1. The van der Waals surface area contributed by atoms with E-state index in [0.717, 1.165) is 11.8 Å². The van der Waals surface area contributed by atoms with Crippen LogP contribution in [0.25, 0.3) is 21.7 Å². The van der Waals surface area contributed by atoms with E-state index in [1.165, 1.54) is 49.8 Å². The number of aromatic nitrogens is 3. The molecule has 0 bridgehead atoms. The third-order valence-electron chi connectivity index (χ3n) is 5.04. The van der Waals surface area contributed by atoms with E-state index in [9.17, 15) is 14.0 Å². The molecule has 14 heteroatoms. The number of hydrazine groups is 1. The molecule has 0 spiro atoms. The molecule has 4 rings (SSSR count). The molecule has 10 nitrogen and oxygen atoms in total. The van der Waals surface area contributed by atoms with Gasteiger partial charge in [-0.1, -0.05) is 11.6 Å². The summed E-state index contributed by atoms with van der Waals surface area (Å²) >= 11 is 7.32. The van der Waals surface area contributed by atoms with Gasteiger partial charge in [-0.15, -0.1) is 11.3 Å². The van der Waals surface area contributed by atoms with Crippen LogP contribution in [0.3, 0.4) is 0 Å². The molecule has 192 valence electrons. The molecule has 0 fully saturated rings. The van der Waals surface area contributed by atoms with Gasteiger partial charge in [0.05, 0.1) is 30.5 Å². The predicted molar refractivity (Wildman–Crippen MR) is 131 cm³/mol. The van der Waals surface area contributed by atoms with Crippen molar-refractivity contribution in [2.24, 2.45) is 0 Å². The Morgan fingerprint density at radius 2 is 1.95 bits per heavy atom. The number of thiazole rings is 1. The summed E-state index contributed by atoms with van der Waals surface area (Å²) in [6.45, 7) is 3.28. The molecule has 0 saturated carbocycles. The zero-order valence-corrected chi connectivity index (χ0v) is 21.1. The Labute approximate surface area is 218 Å². The summed E-state index contributed by atoms with van der Waals surface area (Å²) in [5.41, 5.74) is 5.64. The second kappa shape index (κ2) is 10.9. The second-order valence-corrected chi connectivity index (χ2v) is 9.00. The molecule has 3 heterocycles. The monoisotopic (exact) mass is 548 g/mol. The highest BCUT2D eigenvalue weighted by Gasteiger charge is 2.21. The number of amides is 3. The van der Waals surface area contributed by atoms with Crippen LogP contribution in [0, 0.1) is 18.6 Å². The van der Waals surface area contributed by atoms with Gasteiger partial charge in [0.1, 0.15) is 16.6 Å². The highest BCUT2D eigenvalue weighted by Crippen LogP contribution is 2.38. The number of nitrogens with one attached hydrogen (secondary N) is 3. The molecule has 0 aliphatic carbocycles. The van der Waals surface area contributed by atoms with Gasteiger partial charge < -0.3 is 14.6 Å². The minimum atomic E-state index is -0.895. The summed E-state index contributed by atoms with van der Waals surface area (Å²) in [4.78, 5) is 32.6.